The molecule has 0 aromatic heterocycles. The molecule has 3 rings (SSSR count). The Morgan fingerprint density at radius 2 is 1.68 bits per heavy atom. The third-order valence-electron chi connectivity index (χ3n) is 4.72. The van der Waals surface area contributed by atoms with Crippen molar-refractivity contribution in [3.8, 4) is 0 Å². The third kappa shape index (κ3) is 3.28. The summed E-state index contributed by atoms with van der Waals surface area (Å²) in [6, 6.07) is 0. The molecule has 0 aromatic carbocycles. The van der Waals surface area contributed by atoms with Gasteiger partial charge in [0.05, 0.1) is 0 Å². The van der Waals surface area contributed by atoms with E-state index in [1.807, 2.05) is 20.8 Å². The summed E-state index contributed by atoms with van der Waals surface area (Å²) in [7, 11) is 0. The van der Waals surface area contributed by atoms with Crippen LogP contribution in [0.1, 0.15) is 59.3 Å². The minimum atomic E-state index is -0.451. The highest BCUT2D eigenvalue weighted by atomic mass is 16.6. The van der Waals surface area contributed by atoms with Crippen LogP contribution in [0.4, 0.5) is 4.79 Å². The molecule has 3 fully saturated rings. The quantitative estimate of drug-likeness (QED) is 0.800. The topological polar surface area (TPSA) is 55.4 Å². The summed E-state index contributed by atoms with van der Waals surface area (Å²) in [5, 5.41) is 2.91. The van der Waals surface area contributed by atoms with Crippen molar-refractivity contribution < 1.29 is 14.3 Å². The highest BCUT2D eigenvalue weighted by Crippen LogP contribution is 2.55. The molecule has 0 saturated heterocycles. The average Bonchev–Trinajstić information content (AvgIpc) is 2.37. The van der Waals surface area contributed by atoms with Crippen molar-refractivity contribution in [3.63, 3.8) is 0 Å². The molecule has 4 nitrogen and oxygen atoms in total. The van der Waals surface area contributed by atoms with Gasteiger partial charge < -0.3 is 14.8 Å². The SMILES string of the molecule is CC(C)(C)OC(=O)NCC12CCC(C=O)(CC1)CC2. The van der Waals surface area contributed by atoms with Crippen LogP contribution in [0.2, 0.25) is 0 Å². The second-order valence-corrected chi connectivity index (χ2v) is 7.34. The van der Waals surface area contributed by atoms with Gasteiger partial charge in [-0.3, -0.25) is 0 Å². The van der Waals surface area contributed by atoms with E-state index < -0.39 is 5.60 Å². The van der Waals surface area contributed by atoms with Crippen molar-refractivity contribution in [2.75, 3.05) is 6.54 Å². The molecule has 0 atom stereocenters. The molecule has 0 aromatic rings. The number of carbonyl (C=O) groups excluding carboxylic acids is 2. The largest absolute Gasteiger partial charge is 0.444 e. The molecule has 3 saturated carbocycles. The van der Waals surface area contributed by atoms with E-state index in [9.17, 15) is 9.59 Å². The van der Waals surface area contributed by atoms with Crippen LogP contribution in [0.15, 0.2) is 0 Å². The van der Waals surface area contributed by atoms with Crippen LogP contribution in [-0.2, 0) is 9.53 Å². The summed E-state index contributed by atoms with van der Waals surface area (Å²) in [6.45, 7) is 6.27. The number of hydrogen-bond acceptors (Lipinski definition) is 3. The predicted octanol–water partition coefficient (Wildman–Crippen LogP) is 3.05. The van der Waals surface area contributed by atoms with E-state index in [1.165, 1.54) is 0 Å². The first-order chi connectivity index (χ1) is 8.78. The number of carbonyl (C=O) groups is 2. The standard InChI is InChI=1S/C15H25NO3/c1-13(2,3)19-12(18)16-10-14-4-7-15(11-17,8-5-14)9-6-14/h11H,4-10H2,1-3H3,(H,16,18). The first-order valence-electron chi connectivity index (χ1n) is 7.22. The van der Waals surface area contributed by atoms with Crippen molar-refractivity contribution in [3.05, 3.63) is 0 Å². The van der Waals surface area contributed by atoms with Crippen LogP contribution in [0.25, 0.3) is 0 Å². The smallest absolute Gasteiger partial charge is 0.407 e. The molecule has 108 valence electrons. The minimum absolute atomic E-state index is 0.0479. The lowest BCUT2D eigenvalue weighted by Crippen LogP contribution is -2.48. The summed E-state index contributed by atoms with van der Waals surface area (Å²) in [5.41, 5.74) is -0.303. The van der Waals surface area contributed by atoms with Crippen LogP contribution in [0.3, 0.4) is 0 Å². The van der Waals surface area contributed by atoms with E-state index in [4.69, 9.17) is 4.74 Å². The van der Waals surface area contributed by atoms with Gasteiger partial charge >= 0.3 is 6.09 Å². The molecule has 3 aliphatic rings. The first kappa shape index (κ1) is 14.4. The summed E-state index contributed by atoms with van der Waals surface area (Å²) < 4.78 is 5.27. The molecule has 19 heavy (non-hydrogen) atoms. The Hall–Kier alpha value is -1.06. The number of nitrogens with one attached hydrogen (secondary N) is 1. The van der Waals surface area contributed by atoms with Gasteiger partial charge in [0, 0.05) is 12.0 Å². The summed E-state index contributed by atoms with van der Waals surface area (Å²) in [5.74, 6) is 0. The monoisotopic (exact) mass is 267 g/mol. The van der Waals surface area contributed by atoms with Crippen molar-refractivity contribution in [1.82, 2.24) is 5.32 Å². The van der Waals surface area contributed by atoms with E-state index in [0.717, 1.165) is 44.8 Å². The number of hydrogen-bond donors (Lipinski definition) is 1. The molecule has 1 amide bonds. The van der Waals surface area contributed by atoms with Gasteiger partial charge in [-0.1, -0.05) is 0 Å². The Labute approximate surface area is 115 Å². The Kier molecular flexibility index (Phi) is 3.63. The predicted molar refractivity (Wildman–Crippen MR) is 72.9 cm³/mol. The molecule has 1 N–H and O–H groups in total. The highest BCUT2D eigenvalue weighted by molar-refractivity contribution is 5.67. The van der Waals surface area contributed by atoms with E-state index in [1.54, 1.807) is 0 Å². The van der Waals surface area contributed by atoms with Gasteiger partial charge in [-0.2, -0.15) is 0 Å². The maximum absolute atomic E-state index is 11.7. The normalized spacial score (nSPS) is 33.8. The fourth-order valence-electron chi connectivity index (χ4n) is 3.31. The summed E-state index contributed by atoms with van der Waals surface area (Å²) in [4.78, 5) is 22.9. The van der Waals surface area contributed by atoms with Gasteiger partial charge in [0.1, 0.15) is 11.9 Å². The molecule has 3 aliphatic carbocycles. The molecule has 0 spiro atoms. The second-order valence-electron chi connectivity index (χ2n) is 7.34. The van der Waals surface area contributed by atoms with Crippen molar-refractivity contribution >= 4 is 12.4 Å². The Balaban J connectivity index is 1.84. The highest BCUT2D eigenvalue weighted by Gasteiger charge is 2.48. The number of fused-ring (bicyclic) bond motifs is 3. The third-order valence-corrected chi connectivity index (χ3v) is 4.72. The van der Waals surface area contributed by atoms with E-state index in [-0.39, 0.29) is 16.9 Å². The lowest BCUT2D eigenvalue weighted by molar-refractivity contribution is -0.124. The molecule has 4 heteroatoms. The molecule has 2 bridgehead atoms. The molecular formula is C15H25NO3. The maximum Gasteiger partial charge on any atom is 0.407 e. The van der Waals surface area contributed by atoms with Gasteiger partial charge in [-0.15, -0.1) is 0 Å². The van der Waals surface area contributed by atoms with E-state index in [0.29, 0.717) is 6.54 Å². The Morgan fingerprint density at radius 3 is 2.11 bits per heavy atom. The number of ether oxygens (including phenoxy) is 1. The maximum atomic E-state index is 11.7. The summed E-state index contributed by atoms with van der Waals surface area (Å²) in [6.07, 6.45) is 6.90. The van der Waals surface area contributed by atoms with E-state index >= 15 is 0 Å². The molecule has 0 aliphatic heterocycles. The Morgan fingerprint density at radius 1 is 1.16 bits per heavy atom. The fourth-order valence-corrected chi connectivity index (χ4v) is 3.31. The van der Waals surface area contributed by atoms with Gasteiger partial charge in [0.25, 0.3) is 0 Å². The van der Waals surface area contributed by atoms with Crippen LogP contribution in [0.5, 0.6) is 0 Å². The Bertz CT molecular complexity index is 346. The molecule has 0 heterocycles. The van der Waals surface area contributed by atoms with Gasteiger partial charge in [-0.25, -0.2) is 4.79 Å². The molecule has 0 radical (unpaired) electrons. The molecular weight excluding hydrogens is 242 g/mol. The zero-order valence-electron chi connectivity index (χ0n) is 12.3. The van der Waals surface area contributed by atoms with Crippen LogP contribution >= 0.6 is 0 Å². The minimum Gasteiger partial charge on any atom is -0.444 e. The van der Waals surface area contributed by atoms with Gasteiger partial charge in [-0.05, 0) is 64.7 Å². The van der Waals surface area contributed by atoms with Crippen molar-refractivity contribution in [2.45, 2.75) is 64.9 Å². The van der Waals surface area contributed by atoms with Crippen LogP contribution in [-0.4, -0.2) is 24.5 Å². The van der Waals surface area contributed by atoms with Crippen LogP contribution < -0.4 is 5.32 Å². The fraction of sp³-hybridized carbons (Fsp3) is 0.867. The van der Waals surface area contributed by atoms with Crippen molar-refractivity contribution in [1.29, 1.82) is 0 Å². The number of amides is 1. The summed E-state index contributed by atoms with van der Waals surface area (Å²) >= 11 is 0. The van der Waals surface area contributed by atoms with E-state index in [2.05, 4.69) is 5.32 Å². The molecule has 0 unspecified atom stereocenters. The van der Waals surface area contributed by atoms with Crippen molar-refractivity contribution in [2.24, 2.45) is 10.8 Å². The second kappa shape index (κ2) is 4.80. The first-order valence-corrected chi connectivity index (χ1v) is 7.22. The number of alkyl carbamates (subject to hydrolysis) is 1. The zero-order valence-corrected chi connectivity index (χ0v) is 12.3. The van der Waals surface area contributed by atoms with Gasteiger partial charge in [0.2, 0.25) is 0 Å². The zero-order chi connectivity index (χ0) is 14.1. The van der Waals surface area contributed by atoms with Crippen LogP contribution in [0, 0.1) is 10.8 Å². The van der Waals surface area contributed by atoms with Gasteiger partial charge in [0.15, 0.2) is 0 Å². The lowest BCUT2D eigenvalue weighted by Gasteiger charge is -2.51. The lowest BCUT2D eigenvalue weighted by atomic mass is 9.54. The average molecular weight is 267 g/mol. The number of rotatable bonds is 3. The number of aldehydes is 1.